The highest BCUT2D eigenvalue weighted by Gasteiger charge is 2.17. The molecule has 1 aromatic rings. The highest BCUT2D eigenvalue weighted by molar-refractivity contribution is 5.87. The Morgan fingerprint density at radius 3 is 2.71 bits per heavy atom. The molecule has 2 unspecified atom stereocenters. The molecule has 0 heterocycles. The third-order valence-electron chi connectivity index (χ3n) is 2.32. The van der Waals surface area contributed by atoms with Crippen molar-refractivity contribution in [2.45, 2.75) is 18.6 Å². The van der Waals surface area contributed by atoms with Crippen LogP contribution < -0.4 is 16.8 Å². The van der Waals surface area contributed by atoms with Crippen LogP contribution in [0, 0.1) is 0 Å². The van der Waals surface area contributed by atoms with E-state index < -0.39 is 18.2 Å². The summed E-state index contributed by atoms with van der Waals surface area (Å²) in [5, 5.41) is 21.8. The van der Waals surface area contributed by atoms with Gasteiger partial charge in [0, 0.05) is 5.69 Å². The minimum Gasteiger partial charge on any atom is -0.390 e. The lowest BCUT2D eigenvalue weighted by Crippen LogP contribution is -2.22. The van der Waals surface area contributed by atoms with Gasteiger partial charge < -0.3 is 27.0 Å². The van der Waals surface area contributed by atoms with Crippen LogP contribution in [0.5, 0.6) is 0 Å². The first-order chi connectivity index (χ1) is 8.04. The fourth-order valence-electron chi connectivity index (χ4n) is 1.49. The molecule has 0 aliphatic rings. The molecule has 17 heavy (non-hydrogen) atoms. The Hall–Kier alpha value is -1.63. The van der Waals surface area contributed by atoms with Gasteiger partial charge >= 0.3 is 6.03 Å². The zero-order valence-electron chi connectivity index (χ0n) is 9.34. The van der Waals surface area contributed by atoms with Gasteiger partial charge in [-0.15, -0.1) is 0 Å². The number of benzene rings is 1. The average Bonchev–Trinajstić information content (AvgIpc) is 2.28. The zero-order chi connectivity index (χ0) is 12.8. The number of carbonyl (C=O) groups is 1. The molecule has 0 aromatic heterocycles. The third kappa shape index (κ3) is 4.03. The maximum atomic E-state index is 10.7. The van der Waals surface area contributed by atoms with E-state index in [2.05, 4.69) is 5.32 Å². The van der Waals surface area contributed by atoms with Crippen LogP contribution in [-0.4, -0.2) is 28.9 Å². The molecule has 0 saturated heterocycles. The first-order valence-electron chi connectivity index (χ1n) is 5.27. The van der Waals surface area contributed by atoms with Gasteiger partial charge in [0.2, 0.25) is 0 Å². The van der Waals surface area contributed by atoms with Crippen molar-refractivity contribution in [2.24, 2.45) is 11.5 Å². The number of hydrogen-bond donors (Lipinski definition) is 5. The van der Waals surface area contributed by atoms with Crippen LogP contribution in [0.1, 0.15) is 18.1 Å². The lowest BCUT2D eigenvalue weighted by atomic mass is 10.0. The van der Waals surface area contributed by atoms with Crippen LogP contribution in [0.15, 0.2) is 24.3 Å². The summed E-state index contributed by atoms with van der Waals surface area (Å²) in [6, 6.07) is 5.81. The highest BCUT2D eigenvalue weighted by Crippen LogP contribution is 2.21. The molecule has 2 atom stereocenters. The number of urea groups is 1. The molecule has 0 aliphatic carbocycles. The van der Waals surface area contributed by atoms with Gasteiger partial charge in [0.15, 0.2) is 0 Å². The molecule has 6 nitrogen and oxygen atoms in total. The second kappa shape index (κ2) is 6.19. The van der Waals surface area contributed by atoms with E-state index >= 15 is 0 Å². The van der Waals surface area contributed by atoms with E-state index in [1.165, 1.54) is 0 Å². The molecule has 1 rings (SSSR count). The smallest absolute Gasteiger partial charge is 0.316 e. The van der Waals surface area contributed by atoms with Gasteiger partial charge in [-0.1, -0.05) is 12.1 Å². The Bertz CT molecular complexity index is 384. The number of aliphatic hydroxyl groups is 2. The summed E-state index contributed by atoms with van der Waals surface area (Å²) < 4.78 is 0. The monoisotopic (exact) mass is 239 g/mol. The van der Waals surface area contributed by atoms with Crippen molar-refractivity contribution in [3.8, 4) is 0 Å². The van der Waals surface area contributed by atoms with Gasteiger partial charge in [0.1, 0.15) is 6.10 Å². The Labute approximate surface area is 99.2 Å². The van der Waals surface area contributed by atoms with E-state index in [0.717, 1.165) is 0 Å². The summed E-state index contributed by atoms with van der Waals surface area (Å²) in [7, 11) is 0. The van der Waals surface area contributed by atoms with Crippen LogP contribution in [0.2, 0.25) is 0 Å². The summed E-state index contributed by atoms with van der Waals surface area (Å²) in [5.74, 6) is 0. The van der Waals surface area contributed by atoms with Crippen molar-refractivity contribution < 1.29 is 15.0 Å². The first kappa shape index (κ1) is 13.4. The summed E-state index contributed by atoms with van der Waals surface area (Å²) in [5.41, 5.74) is 11.2. The van der Waals surface area contributed by atoms with Crippen LogP contribution in [0.4, 0.5) is 10.5 Å². The Kier molecular flexibility index (Phi) is 4.89. The van der Waals surface area contributed by atoms with Crippen molar-refractivity contribution in [3.63, 3.8) is 0 Å². The zero-order valence-corrected chi connectivity index (χ0v) is 9.34. The van der Waals surface area contributed by atoms with Gasteiger partial charge in [0.25, 0.3) is 0 Å². The second-order valence-corrected chi connectivity index (χ2v) is 3.70. The quantitative estimate of drug-likeness (QED) is 0.493. The van der Waals surface area contributed by atoms with Crippen molar-refractivity contribution in [1.29, 1.82) is 0 Å². The molecule has 0 saturated carbocycles. The van der Waals surface area contributed by atoms with Crippen LogP contribution in [0.25, 0.3) is 0 Å². The summed E-state index contributed by atoms with van der Waals surface area (Å²) in [6.45, 7) is 0.289. The molecule has 0 bridgehead atoms. The number of carbonyl (C=O) groups excluding carboxylic acids is 1. The van der Waals surface area contributed by atoms with E-state index in [4.69, 9.17) is 11.5 Å². The molecule has 94 valence electrons. The number of amides is 2. The summed E-state index contributed by atoms with van der Waals surface area (Å²) in [6.07, 6.45) is -1.66. The molecule has 0 spiro atoms. The number of hydrogen-bond acceptors (Lipinski definition) is 4. The fraction of sp³-hybridized carbons (Fsp3) is 0.364. The van der Waals surface area contributed by atoms with Gasteiger partial charge in [-0.3, -0.25) is 0 Å². The van der Waals surface area contributed by atoms with E-state index in [9.17, 15) is 15.0 Å². The van der Waals surface area contributed by atoms with Gasteiger partial charge in [-0.05, 0) is 30.7 Å². The number of aliphatic hydroxyl groups excluding tert-OH is 2. The molecule has 0 radical (unpaired) electrons. The van der Waals surface area contributed by atoms with E-state index in [-0.39, 0.29) is 6.54 Å². The standard InChI is InChI=1S/C11H17N3O3/c12-5-4-9(15)10(16)7-2-1-3-8(6-7)14-11(13)17/h1-3,6,9-10,15-16H,4-5,12H2,(H3,13,14,17). The number of nitrogens with one attached hydrogen (secondary N) is 1. The number of rotatable bonds is 5. The van der Waals surface area contributed by atoms with Crippen LogP contribution >= 0.6 is 0 Å². The largest absolute Gasteiger partial charge is 0.390 e. The highest BCUT2D eigenvalue weighted by atomic mass is 16.3. The first-order valence-corrected chi connectivity index (χ1v) is 5.27. The van der Waals surface area contributed by atoms with Gasteiger partial charge in [0.05, 0.1) is 6.10 Å². The minimum absolute atomic E-state index is 0.289. The lowest BCUT2D eigenvalue weighted by molar-refractivity contribution is 0.0150. The molecule has 7 N–H and O–H groups in total. The summed E-state index contributed by atoms with van der Waals surface area (Å²) in [4.78, 5) is 10.7. The van der Waals surface area contributed by atoms with Crippen molar-refractivity contribution in [1.82, 2.24) is 0 Å². The molecule has 0 fully saturated rings. The van der Waals surface area contributed by atoms with Crippen LogP contribution in [0.3, 0.4) is 0 Å². The molecule has 0 aliphatic heterocycles. The van der Waals surface area contributed by atoms with Gasteiger partial charge in [-0.2, -0.15) is 0 Å². The lowest BCUT2D eigenvalue weighted by Gasteiger charge is -2.18. The molecular formula is C11H17N3O3. The normalized spacial score (nSPS) is 14.1. The average molecular weight is 239 g/mol. The number of anilines is 1. The van der Waals surface area contributed by atoms with E-state index in [0.29, 0.717) is 17.7 Å². The Balaban J connectivity index is 2.79. The molecule has 1 aromatic carbocycles. The topological polar surface area (TPSA) is 122 Å². The van der Waals surface area contributed by atoms with E-state index in [1.807, 2.05) is 0 Å². The third-order valence-corrected chi connectivity index (χ3v) is 2.32. The molecule has 2 amide bonds. The minimum atomic E-state index is -1.03. The molecule has 6 heteroatoms. The maximum absolute atomic E-state index is 10.7. The number of nitrogens with two attached hydrogens (primary N) is 2. The summed E-state index contributed by atoms with van der Waals surface area (Å²) >= 11 is 0. The van der Waals surface area contributed by atoms with Crippen molar-refractivity contribution in [2.75, 3.05) is 11.9 Å². The fourth-order valence-corrected chi connectivity index (χ4v) is 1.49. The Morgan fingerprint density at radius 2 is 2.12 bits per heavy atom. The van der Waals surface area contributed by atoms with Crippen molar-refractivity contribution in [3.05, 3.63) is 29.8 Å². The Morgan fingerprint density at radius 1 is 1.41 bits per heavy atom. The second-order valence-electron chi connectivity index (χ2n) is 3.70. The van der Waals surface area contributed by atoms with Gasteiger partial charge in [-0.25, -0.2) is 4.79 Å². The number of primary amides is 1. The SMILES string of the molecule is NCCC(O)C(O)c1cccc(NC(N)=O)c1. The predicted octanol–water partition coefficient (Wildman–Crippen LogP) is -0.0797. The van der Waals surface area contributed by atoms with Crippen LogP contribution in [-0.2, 0) is 0 Å². The maximum Gasteiger partial charge on any atom is 0.316 e. The van der Waals surface area contributed by atoms with E-state index in [1.54, 1.807) is 24.3 Å². The molecular weight excluding hydrogens is 222 g/mol. The van der Waals surface area contributed by atoms with Crippen molar-refractivity contribution >= 4 is 11.7 Å². The predicted molar refractivity (Wildman–Crippen MR) is 64.3 cm³/mol.